The van der Waals surface area contributed by atoms with Crippen molar-refractivity contribution in [3.8, 4) is 5.75 Å². The van der Waals surface area contributed by atoms with Crippen molar-refractivity contribution < 1.29 is 14.3 Å². The first-order valence-electron chi connectivity index (χ1n) is 6.39. The zero-order chi connectivity index (χ0) is 13.8. The molecule has 0 spiro atoms. The number of hydrogen-bond donors (Lipinski definition) is 0. The molecule has 1 heterocycles. The molecule has 1 aromatic rings. The zero-order valence-corrected chi connectivity index (χ0v) is 12.7. The predicted octanol–water partition coefficient (Wildman–Crippen LogP) is 2.46. The lowest BCUT2D eigenvalue weighted by molar-refractivity contribution is -0.145. The Bertz CT molecular complexity index is 452. The van der Waals surface area contributed by atoms with E-state index in [0.717, 1.165) is 4.47 Å². The van der Waals surface area contributed by atoms with Crippen molar-refractivity contribution in [2.75, 3.05) is 19.8 Å². The van der Waals surface area contributed by atoms with Crippen molar-refractivity contribution in [3.05, 3.63) is 28.7 Å². The summed E-state index contributed by atoms with van der Waals surface area (Å²) in [4.78, 5) is 14.2. The third-order valence-corrected chi connectivity index (χ3v) is 3.79. The van der Waals surface area contributed by atoms with Crippen LogP contribution in [0, 0.1) is 0 Å². The number of carbonyl (C=O) groups is 1. The summed E-state index contributed by atoms with van der Waals surface area (Å²) in [7, 11) is 0. The number of carbonyl (C=O) groups excluding carboxylic acids is 1. The molecule has 1 aromatic carbocycles. The summed E-state index contributed by atoms with van der Waals surface area (Å²) in [5.41, 5.74) is 0. The van der Waals surface area contributed by atoms with Gasteiger partial charge in [0.05, 0.1) is 23.7 Å². The Morgan fingerprint density at radius 1 is 1.53 bits per heavy atom. The number of nitrogens with zero attached hydrogens (tertiary/aromatic N) is 1. The fourth-order valence-corrected chi connectivity index (χ4v) is 2.45. The second-order valence-corrected chi connectivity index (χ2v) is 5.50. The van der Waals surface area contributed by atoms with Crippen LogP contribution in [0.25, 0.3) is 0 Å². The number of halogens is 1. The first kappa shape index (κ1) is 14.3. The molecule has 5 heteroatoms. The minimum atomic E-state index is -0.501. The Morgan fingerprint density at radius 3 is 2.95 bits per heavy atom. The van der Waals surface area contributed by atoms with E-state index in [4.69, 9.17) is 9.47 Å². The van der Waals surface area contributed by atoms with Gasteiger partial charge < -0.3 is 14.4 Å². The van der Waals surface area contributed by atoms with E-state index < -0.39 is 6.10 Å². The molecule has 1 fully saturated rings. The summed E-state index contributed by atoms with van der Waals surface area (Å²) in [5, 5.41) is 0. The van der Waals surface area contributed by atoms with Gasteiger partial charge in [0.2, 0.25) is 0 Å². The number of morpholine rings is 1. The van der Waals surface area contributed by atoms with E-state index in [0.29, 0.717) is 25.5 Å². The maximum Gasteiger partial charge on any atom is 0.263 e. The first-order valence-corrected chi connectivity index (χ1v) is 7.18. The molecule has 4 nitrogen and oxygen atoms in total. The van der Waals surface area contributed by atoms with E-state index in [1.165, 1.54) is 0 Å². The molecule has 104 valence electrons. The van der Waals surface area contributed by atoms with Crippen LogP contribution in [-0.4, -0.2) is 42.7 Å². The van der Waals surface area contributed by atoms with E-state index in [1.807, 2.05) is 36.1 Å². The van der Waals surface area contributed by atoms with Gasteiger partial charge in [0, 0.05) is 6.54 Å². The number of para-hydroxylation sites is 1. The Labute approximate surface area is 121 Å². The Balaban J connectivity index is 2.01. The Hall–Kier alpha value is -1.07. The monoisotopic (exact) mass is 327 g/mol. The molecule has 0 N–H and O–H groups in total. The van der Waals surface area contributed by atoms with Gasteiger partial charge in [-0.15, -0.1) is 0 Å². The summed E-state index contributed by atoms with van der Waals surface area (Å²) in [6, 6.07) is 7.63. The Morgan fingerprint density at radius 2 is 2.26 bits per heavy atom. The van der Waals surface area contributed by atoms with Crippen molar-refractivity contribution in [1.29, 1.82) is 0 Å². The minimum absolute atomic E-state index is 0.00607. The van der Waals surface area contributed by atoms with Gasteiger partial charge in [-0.25, -0.2) is 0 Å². The van der Waals surface area contributed by atoms with Crippen LogP contribution in [0.5, 0.6) is 5.75 Å². The molecule has 0 radical (unpaired) electrons. The molecule has 1 aliphatic heterocycles. The highest BCUT2D eigenvalue weighted by molar-refractivity contribution is 9.10. The largest absolute Gasteiger partial charge is 0.480 e. The highest BCUT2D eigenvalue weighted by Crippen LogP contribution is 2.25. The van der Waals surface area contributed by atoms with Crippen molar-refractivity contribution in [3.63, 3.8) is 0 Å². The van der Waals surface area contributed by atoms with Gasteiger partial charge in [-0.1, -0.05) is 12.1 Å². The van der Waals surface area contributed by atoms with Crippen LogP contribution in [0.3, 0.4) is 0 Å². The minimum Gasteiger partial charge on any atom is -0.480 e. The average Bonchev–Trinajstić information content (AvgIpc) is 2.41. The third kappa shape index (κ3) is 3.48. The maximum atomic E-state index is 12.4. The normalized spacial score (nSPS) is 21.0. The Kier molecular flexibility index (Phi) is 4.82. The summed E-state index contributed by atoms with van der Waals surface area (Å²) in [6.45, 7) is 5.58. The second-order valence-electron chi connectivity index (χ2n) is 4.65. The topological polar surface area (TPSA) is 38.8 Å². The molecule has 2 rings (SSSR count). The van der Waals surface area contributed by atoms with Crippen LogP contribution in [-0.2, 0) is 9.53 Å². The van der Waals surface area contributed by atoms with E-state index in [1.54, 1.807) is 6.92 Å². The maximum absolute atomic E-state index is 12.4. The third-order valence-electron chi connectivity index (χ3n) is 3.14. The number of rotatable bonds is 3. The van der Waals surface area contributed by atoms with Crippen LogP contribution in [0.1, 0.15) is 13.8 Å². The first-order chi connectivity index (χ1) is 9.09. The lowest BCUT2D eigenvalue weighted by atomic mass is 10.2. The fraction of sp³-hybridized carbons (Fsp3) is 0.500. The molecule has 0 aliphatic carbocycles. The van der Waals surface area contributed by atoms with E-state index in [9.17, 15) is 4.79 Å². The molecular formula is C14H18BrNO3. The smallest absolute Gasteiger partial charge is 0.263 e. The molecule has 0 unspecified atom stereocenters. The molecule has 0 bridgehead atoms. The lowest BCUT2D eigenvalue weighted by Gasteiger charge is -2.35. The standard InChI is InChI=1S/C14H18BrNO3/c1-10-9-18-8-7-16(10)14(17)11(2)19-13-6-4-3-5-12(13)15/h3-6,10-11H,7-9H2,1-2H3/t10-,11-/m1/s1. The van der Waals surface area contributed by atoms with Gasteiger partial charge in [-0.05, 0) is 41.9 Å². The highest BCUT2D eigenvalue weighted by atomic mass is 79.9. The molecule has 19 heavy (non-hydrogen) atoms. The number of ether oxygens (including phenoxy) is 2. The summed E-state index contributed by atoms with van der Waals surface area (Å²) in [5.74, 6) is 0.691. The number of benzene rings is 1. The van der Waals surface area contributed by atoms with Crippen molar-refractivity contribution in [2.45, 2.75) is 26.0 Å². The second kappa shape index (κ2) is 6.39. The molecular weight excluding hydrogens is 310 g/mol. The van der Waals surface area contributed by atoms with Crippen LogP contribution in [0.2, 0.25) is 0 Å². The quantitative estimate of drug-likeness (QED) is 0.856. The molecule has 0 saturated carbocycles. The number of amides is 1. The summed E-state index contributed by atoms with van der Waals surface area (Å²) < 4.78 is 11.9. The van der Waals surface area contributed by atoms with Crippen molar-refractivity contribution in [2.24, 2.45) is 0 Å². The van der Waals surface area contributed by atoms with Gasteiger partial charge in [-0.3, -0.25) is 4.79 Å². The highest BCUT2D eigenvalue weighted by Gasteiger charge is 2.28. The fourth-order valence-electron chi connectivity index (χ4n) is 2.07. The SMILES string of the molecule is C[C@@H]1COCCN1C(=O)[C@@H](C)Oc1ccccc1Br. The van der Waals surface area contributed by atoms with Gasteiger partial charge >= 0.3 is 0 Å². The molecule has 2 atom stereocenters. The summed E-state index contributed by atoms with van der Waals surface area (Å²) >= 11 is 3.41. The predicted molar refractivity (Wildman–Crippen MR) is 76.2 cm³/mol. The van der Waals surface area contributed by atoms with Gasteiger partial charge in [-0.2, -0.15) is 0 Å². The summed E-state index contributed by atoms with van der Waals surface area (Å²) in [6.07, 6.45) is -0.501. The van der Waals surface area contributed by atoms with E-state index in [2.05, 4.69) is 15.9 Å². The van der Waals surface area contributed by atoms with Gasteiger partial charge in [0.15, 0.2) is 6.10 Å². The van der Waals surface area contributed by atoms with Crippen LogP contribution >= 0.6 is 15.9 Å². The van der Waals surface area contributed by atoms with Crippen molar-refractivity contribution in [1.82, 2.24) is 4.90 Å². The van der Waals surface area contributed by atoms with Crippen LogP contribution < -0.4 is 4.74 Å². The number of hydrogen-bond acceptors (Lipinski definition) is 3. The zero-order valence-electron chi connectivity index (χ0n) is 11.1. The van der Waals surface area contributed by atoms with Crippen LogP contribution in [0.4, 0.5) is 0 Å². The lowest BCUT2D eigenvalue weighted by Crippen LogP contribution is -2.51. The average molecular weight is 328 g/mol. The van der Waals surface area contributed by atoms with Crippen LogP contribution in [0.15, 0.2) is 28.7 Å². The van der Waals surface area contributed by atoms with Gasteiger partial charge in [0.1, 0.15) is 5.75 Å². The van der Waals surface area contributed by atoms with Crippen molar-refractivity contribution >= 4 is 21.8 Å². The van der Waals surface area contributed by atoms with E-state index >= 15 is 0 Å². The van der Waals surface area contributed by atoms with Gasteiger partial charge in [0.25, 0.3) is 5.91 Å². The molecule has 1 amide bonds. The molecule has 0 aromatic heterocycles. The molecule has 1 saturated heterocycles. The van der Waals surface area contributed by atoms with E-state index in [-0.39, 0.29) is 11.9 Å². The molecule has 1 aliphatic rings.